The average molecular weight is 769 g/mol. The van der Waals surface area contributed by atoms with Gasteiger partial charge in [0.05, 0.1) is 13.7 Å². The van der Waals surface area contributed by atoms with Crippen LogP contribution in [0.15, 0.2) is 41.1 Å². The number of aromatic nitrogens is 4. The Labute approximate surface area is 278 Å². The second-order valence-electron chi connectivity index (χ2n) is 10.8. The first-order valence-corrected chi connectivity index (χ1v) is 16.6. The standard InChI is InChI=1S/C29H34IN6O9P/c1-5-6-13-42-25(38)15(2)35-46(40)45-21-17-10-8-7-9-16(17)11-12-18(21)43-14-19-22(37)29(3,39)26(44-19)36-23-20(32-27(36)30)24(41-4)34-28(31)33-23/h7-12,15,19,22,26,37,39H,5-6,13-14H2,1-4H3,(H2,31,33,34)/t15-,19+,22+,26+,29+/m0/s1. The lowest BCUT2D eigenvalue weighted by molar-refractivity contribution is -0.169. The van der Waals surface area contributed by atoms with Crippen LogP contribution in [0.4, 0.5) is 5.95 Å². The second-order valence-corrected chi connectivity index (χ2v) is 12.6. The number of nitrogens with zero attached hydrogens (tertiary/aromatic N) is 5. The van der Waals surface area contributed by atoms with Crippen molar-refractivity contribution >= 4 is 64.6 Å². The molecule has 0 radical (unpaired) electrons. The van der Waals surface area contributed by atoms with Crippen LogP contribution in [-0.2, 0) is 14.3 Å². The Morgan fingerprint density at radius 1 is 1.28 bits per heavy atom. The van der Waals surface area contributed by atoms with Gasteiger partial charge in [-0.15, -0.1) is 0 Å². The molecule has 4 aromatic rings. The molecule has 0 bridgehead atoms. The van der Waals surface area contributed by atoms with Gasteiger partial charge in [0.25, 0.3) is 0 Å². The predicted molar refractivity (Wildman–Crippen MR) is 174 cm³/mol. The number of carbonyl (C=O) groups excluding carboxylic acids is 1. The molecule has 1 aliphatic rings. The normalized spacial score (nSPS) is 22.3. The second kappa shape index (κ2) is 14.1. The maximum Gasteiger partial charge on any atom is 0.395 e. The smallest absolute Gasteiger partial charge is 0.395 e. The molecule has 15 nitrogen and oxygen atoms in total. The highest BCUT2D eigenvalue weighted by Gasteiger charge is 2.54. The summed E-state index contributed by atoms with van der Waals surface area (Å²) < 4.78 is 34.3. The zero-order valence-corrected chi connectivity index (χ0v) is 28.5. The summed E-state index contributed by atoms with van der Waals surface area (Å²) in [5.41, 5.74) is 4.61. The van der Waals surface area contributed by atoms with Crippen molar-refractivity contribution in [2.24, 2.45) is 4.74 Å². The lowest BCUT2D eigenvalue weighted by Gasteiger charge is -2.27. The van der Waals surface area contributed by atoms with Crippen LogP contribution in [0.3, 0.4) is 0 Å². The SMILES string of the molecule is CCCCOC(=O)[C@H](C)N=[P+]([O-])Oc1c(OC[C@H]2O[C@@H](n3c(I)nc4c(OC)nc(N)nc43)[C@](C)(O)[C@@H]2O)ccc2ccccc12. The summed E-state index contributed by atoms with van der Waals surface area (Å²) >= 11 is 1.95. The van der Waals surface area contributed by atoms with Gasteiger partial charge in [0.2, 0.25) is 17.6 Å². The topological polar surface area (TPSA) is 209 Å². The van der Waals surface area contributed by atoms with Crippen LogP contribution in [0, 0.1) is 3.83 Å². The van der Waals surface area contributed by atoms with Crippen LogP contribution < -0.4 is 24.6 Å². The number of anilines is 1. The average Bonchev–Trinajstić information content (AvgIpc) is 3.46. The summed E-state index contributed by atoms with van der Waals surface area (Å²) in [7, 11) is -1.29. The van der Waals surface area contributed by atoms with Gasteiger partial charge in [0.15, 0.2) is 33.0 Å². The number of nitrogen functional groups attached to an aromatic ring is 1. The monoisotopic (exact) mass is 768 g/mol. The Morgan fingerprint density at radius 3 is 2.78 bits per heavy atom. The Hall–Kier alpha value is -3.41. The quantitative estimate of drug-likeness (QED) is 0.0623. The zero-order chi connectivity index (χ0) is 33.2. The van der Waals surface area contributed by atoms with E-state index in [-0.39, 0.29) is 42.2 Å². The summed E-state index contributed by atoms with van der Waals surface area (Å²) in [6, 6.07) is 9.63. The van der Waals surface area contributed by atoms with E-state index >= 15 is 0 Å². The molecule has 246 valence electrons. The molecule has 0 saturated carbocycles. The number of aliphatic hydroxyl groups excluding tert-OH is 1. The molecule has 4 N–H and O–H groups in total. The van der Waals surface area contributed by atoms with Gasteiger partial charge in [-0.2, -0.15) is 9.97 Å². The number of halogens is 1. The van der Waals surface area contributed by atoms with Crippen LogP contribution in [0.5, 0.6) is 17.4 Å². The molecule has 3 heterocycles. The van der Waals surface area contributed by atoms with Crippen molar-refractivity contribution < 1.29 is 43.4 Å². The van der Waals surface area contributed by atoms with Gasteiger partial charge in [-0.25, -0.2) is 9.78 Å². The van der Waals surface area contributed by atoms with E-state index in [1.54, 1.807) is 24.3 Å². The summed E-state index contributed by atoms with van der Waals surface area (Å²) in [4.78, 5) is 38.0. The molecule has 1 unspecified atom stereocenters. The molecule has 0 spiro atoms. The van der Waals surface area contributed by atoms with E-state index in [1.165, 1.54) is 25.5 Å². The minimum absolute atomic E-state index is 0.0725. The molecule has 17 heteroatoms. The first-order chi connectivity index (χ1) is 22.0. The maximum absolute atomic E-state index is 13.0. The molecule has 0 aliphatic carbocycles. The predicted octanol–water partition coefficient (Wildman–Crippen LogP) is 3.23. The number of carbonyl (C=O) groups is 1. The number of unbranched alkanes of at least 4 members (excludes halogenated alkanes) is 1. The Bertz CT molecular complexity index is 1770. The van der Waals surface area contributed by atoms with E-state index in [4.69, 9.17) is 29.2 Å². The Balaban J connectivity index is 1.39. The minimum atomic E-state index is -2.71. The molecule has 1 fully saturated rings. The Kier molecular flexibility index (Phi) is 10.4. The van der Waals surface area contributed by atoms with E-state index in [9.17, 15) is 19.9 Å². The number of imidazole rings is 1. The van der Waals surface area contributed by atoms with Crippen molar-refractivity contribution in [1.82, 2.24) is 19.5 Å². The van der Waals surface area contributed by atoms with Gasteiger partial charge >= 0.3 is 14.1 Å². The molecule has 1 saturated heterocycles. The van der Waals surface area contributed by atoms with E-state index in [0.29, 0.717) is 21.2 Å². The number of rotatable bonds is 12. The van der Waals surface area contributed by atoms with E-state index < -0.39 is 44.2 Å². The number of benzene rings is 2. The van der Waals surface area contributed by atoms with Gasteiger partial charge in [-0.1, -0.05) is 48.4 Å². The molecule has 2 aromatic heterocycles. The maximum atomic E-state index is 13.0. The highest BCUT2D eigenvalue weighted by atomic mass is 127. The molecule has 46 heavy (non-hydrogen) atoms. The summed E-state index contributed by atoms with van der Waals surface area (Å²) in [6.45, 7) is 4.90. The van der Waals surface area contributed by atoms with Crippen molar-refractivity contribution in [2.45, 2.75) is 63.7 Å². The number of ether oxygens (including phenoxy) is 4. The van der Waals surface area contributed by atoms with E-state index in [1.807, 2.05) is 41.6 Å². The summed E-state index contributed by atoms with van der Waals surface area (Å²) in [5, 5.41) is 24.0. The molecule has 2 aromatic carbocycles. The largest absolute Gasteiger partial charge is 0.575 e. The zero-order valence-electron chi connectivity index (χ0n) is 25.5. The van der Waals surface area contributed by atoms with Gasteiger partial charge in [0, 0.05) is 28.0 Å². The van der Waals surface area contributed by atoms with Crippen LogP contribution in [0.2, 0.25) is 0 Å². The van der Waals surface area contributed by atoms with Crippen molar-refractivity contribution in [3.05, 3.63) is 40.2 Å². The third-order valence-electron chi connectivity index (χ3n) is 7.43. The van der Waals surface area contributed by atoms with Crippen LogP contribution in [-0.4, -0.2) is 79.9 Å². The van der Waals surface area contributed by atoms with E-state index in [0.717, 1.165) is 11.8 Å². The minimum Gasteiger partial charge on any atom is -0.575 e. The molecular weight excluding hydrogens is 734 g/mol. The lowest BCUT2D eigenvalue weighted by atomic mass is 9.96. The molecule has 5 rings (SSSR count). The van der Waals surface area contributed by atoms with Crippen molar-refractivity contribution in [3.63, 3.8) is 0 Å². The van der Waals surface area contributed by atoms with Crippen molar-refractivity contribution in [2.75, 3.05) is 26.1 Å². The molecule has 1 aliphatic heterocycles. The van der Waals surface area contributed by atoms with Crippen LogP contribution >= 0.6 is 30.8 Å². The van der Waals surface area contributed by atoms with Gasteiger partial charge in [-0.05, 0) is 31.7 Å². The fourth-order valence-corrected chi connectivity index (χ4v) is 6.46. The first-order valence-electron chi connectivity index (χ1n) is 14.4. The highest BCUT2D eigenvalue weighted by Crippen LogP contribution is 2.43. The van der Waals surface area contributed by atoms with Crippen LogP contribution in [0.25, 0.3) is 21.9 Å². The number of esters is 1. The van der Waals surface area contributed by atoms with Crippen LogP contribution in [0.1, 0.15) is 39.8 Å². The number of fused-ring (bicyclic) bond motifs is 2. The van der Waals surface area contributed by atoms with E-state index in [2.05, 4.69) is 19.7 Å². The van der Waals surface area contributed by atoms with Crippen molar-refractivity contribution in [1.29, 1.82) is 0 Å². The fourth-order valence-electron chi connectivity index (χ4n) is 4.97. The van der Waals surface area contributed by atoms with Gasteiger partial charge in [0.1, 0.15) is 24.4 Å². The fraction of sp³-hybridized carbons (Fsp3) is 0.448. The number of nitrogens with two attached hydrogens (primary N) is 1. The van der Waals surface area contributed by atoms with Crippen molar-refractivity contribution in [3.8, 4) is 17.4 Å². The third kappa shape index (κ3) is 6.82. The molecule has 6 atom stereocenters. The van der Waals surface area contributed by atoms with Gasteiger partial charge < -0.3 is 39.8 Å². The number of hydrogen-bond donors (Lipinski definition) is 3. The Morgan fingerprint density at radius 2 is 2.04 bits per heavy atom. The first kappa shape index (κ1) is 33.9. The number of methoxy groups -OCH3 is 1. The van der Waals surface area contributed by atoms with Gasteiger partial charge in [-0.3, -0.25) is 9.09 Å². The lowest BCUT2D eigenvalue weighted by Crippen LogP contribution is -2.45. The summed E-state index contributed by atoms with van der Waals surface area (Å²) in [6.07, 6.45) is -2.03. The number of aliphatic hydroxyl groups is 2. The third-order valence-corrected chi connectivity index (χ3v) is 9.07. The highest BCUT2D eigenvalue weighted by molar-refractivity contribution is 14.1. The summed E-state index contributed by atoms with van der Waals surface area (Å²) in [5.74, 6) is -0.218. The molecular formula is C29H34IN6O9P. The number of hydrogen-bond acceptors (Lipinski definition) is 14. The molecule has 0 amide bonds.